The van der Waals surface area contributed by atoms with Gasteiger partial charge in [-0.25, -0.2) is 0 Å². The molecule has 1 aromatic rings. The fourth-order valence-corrected chi connectivity index (χ4v) is 5.40. The van der Waals surface area contributed by atoms with Gasteiger partial charge in [0.15, 0.2) is 0 Å². The van der Waals surface area contributed by atoms with Gasteiger partial charge in [0.2, 0.25) is 17.7 Å². The molecule has 3 amide bonds. The fraction of sp³-hybridized carbons (Fsp3) is 0.591. The van der Waals surface area contributed by atoms with Crippen molar-refractivity contribution in [3.05, 3.63) is 34.3 Å². The number of nitrogens with one attached hydrogen (secondary N) is 1. The first kappa shape index (κ1) is 20.5. The van der Waals surface area contributed by atoms with E-state index in [1.54, 1.807) is 0 Å². The molecule has 1 aliphatic carbocycles. The van der Waals surface area contributed by atoms with Crippen LogP contribution in [0.25, 0.3) is 0 Å². The van der Waals surface area contributed by atoms with Crippen molar-refractivity contribution in [1.29, 1.82) is 0 Å². The number of nitrogens with zero attached hydrogens (tertiary/aromatic N) is 1. The minimum atomic E-state index is -0.272. The average Bonchev–Trinajstić information content (AvgIpc) is 2.98. The Morgan fingerprint density at radius 3 is 2.41 bits per heavy atom. The van der Waals surface area contributed by atoms with Crippen LogP contribution in [0.2, 0.25) is 0 Å². The zero-order chi connectivity index (χ0) is 20.4. The summed E-state index contributed by atoms with van der Waals surface area (Å²) in [6.07, 6.45) is 5.12. The largest absolute Gasteiger partial charge is 0.381 e. The molecule has 29 heavy (non-hydrogen) atoms. The van der Waals surface area contributed by atoms with Crippen molar-refractivity contribution in [3.63, 3.8) is 0 Å². The van der Waals surface area contributed by atoms with Gasteiger partial charge in [-0.1, -0.05) is 40.9 Å². The molecule has 2 saturated heterocycles. The third kappa shape index (κ3) is 4.12. The van der Waals surface area contributed by atoms with Crippen LogP contribution in [0.5, 0.6) is 0 Å². The van der Waals surface area contributed by atoms with Gasteiger partial charge in [-0.15, -0.1) is 0 Å². The maximum atomic E-state index is 12.7. The van der Waals surface area contributed by atoms with Gasteiger partial charge < -0.3 is 10.1 Å². The molecule has 3 fully saturated rings. The van der Waals surface area contributed by atoms with Crippen molar-refractivity contribution in [2.75, 3.05) is 26.3 Å². The van der Waals surface area contributed by atoms with Crippen LogP contribution in [0, 0.1) is 11.8 Å². The molecule has 1 saturated carbocycles. The molecule has 2 heterocycles. The van der Waals surface area contributed by atoms with Crippen LogP contribution in [0.1, 0.15) is 44.1 Å². The van der Waals surface area contributed by atoms with Crippen molar-refractivity contribution >= 4 is 33.7 Å². The van der Waals surface area contributed by atoms with E-state index in [1.165, 1.54) is 4.90 Å². The van der Waals surface area contributed by atoms with Crippen LogP contribution >= 0.6 is 15.9 Å². The molecule has 6 nitrogen and oxygen atoms in total. The molecule has 0 spiro atoms. The quantitative estimate of drug-likeness (QED) is 0.682. The van der Waals surface area contributed by atoms with Crippen molar-refractivity contribution in [3.8, 4) is 0 Å². The van der Waals surface area contributed by atoms with E-state index >= 15 is 0 Å². The number of likely N-dealkylation sites (tertiary alicyclic amines) is 1. The number of benzene rings is 1. The number of fused-ring (bicyclic) bond motifs is 1. The lowest BCUT2D eigenvalue weighted by atomic mass is 9.74. The molecule has 1 aromatic carbocycles. The zero-order valence-corrected chi connectivity index (χ0v) is 18.1. The van der Waals surface area contributed by atoms with Gasteiger partial charge in [-0.3, -0.25) is 19.3 Å². The summed E-state index contributed by atoms with van der Waals surface area (Å²) in [4.78, 5) is 39.1. The van der Waals surface area contributed by atoms with E-state index in [0.717, 1.165) is 48.6 Å². The molecule has 0 radical (unpaired) electrons. The predicted molar refractivity (Wildman–Crippen MR) is 111 cm³/mol. The highest BCUT2D eigenvalue weighted by Crippen LogP contribution is 2.38. The van der Waals surface area contributed by atoms with Crippen LogP contribution in [0.4, 0.5) is 0 Å². The summed E-state index contributed by atoms with van der Waals surface area (Å²) in [5.41, 5.74) is 0.958. The molecule has 3 aliphatic rings. The van der Waals surface area contributed by atoms with Gasteiger partial charge >= 0.3 is 0 Å². The monoisotopic (exact) mass is 462 g/mol. The van der Waals surface area contributed by atoms with E-state index in [1.807, 2.05) is 12.1 Å². The lowest BCUT2D eigenvalue weighted by Gasteiger charge is -2.38. The first-order valence-corrected chi connectivity index (χ1v) is 11.3. The molecule has 2 unspecified atom stereocenters. The topological polar surface area (TPSA) is 75.7 Å². The zero-order valence-electron chi connectivity index (χ0n) is 16.5. The van der Waals surface area contributed by atoms with E-state index in [0.29, 0.717) is 19.8 Å². The number of halogens is 1. The maximum Gasteiger partial charge on any atom is 0.240 e. The van der Waals surface area contributed by atoms with Gasteiger partial charge in [0.1, 0.15) is 6.54 Å². The second-order valence-corrected chi connectivity index (χ2v) is 9.36. The number of hydrogen-bond donors (Lipinski definition) is 1. The summed E-state index contributed by atoms with van der Waals surface area (Å²) in [5.74, 6) is -1.03. The minimum absolute atomic E-state index is 0.164. The van der Waals surface area contributed by atoms with Crippen molar-refractivity contribution in [2.24, 2.45) is 11.8 Å². The third-order valence-electron chi connectivity index (χ3n) is 6.74. The Morgan fingerprint density at radius 2 is 1.79 bits per heavy atom. The molecule has 7 heteroatoms. The summed E-state index contributed by atoms with van der Waals surface area (Å²) >= 11 is 3.53. The van der Waals surface area contributed by atoms with Gasteiger partial charge in [-0.2, -0.15) is 0 Å². The molecule has 156 valence electrons. The Hall–Kier alpha value is -1.73. The van der Waals surface area contributed by atoms with Gasteiger partial charge in [-0.05, 0) is 43.4 Å². The molecule has 0 aromatic heterocycles. The summed E-state index contributed by atoms with van der Waals surface area (Å²) in [6, 6.07) is 8.16. The van der Waals surface area contributed by atoms with Crippen molar-refractivity contribution < 1.29 is 19.1 Å². The second-order valence-electron chi connectivity index (χ2n) is 8.44. The fourth-order valence-electron chi connectivity index (χ4n) is 5.00. The Balaban J connectivity index is 1.42. The number of carbonyl (C=O) groups excluding carboxylic acids is 3. The summed E-state index contributed by atoms with van der Waals surface area (Å²) < 4.78 is 6.55. The lowest BCUT2D eigenvalue weighted by molar-refractivity contribution is -0.143. The molecule has 2 aliphatic heterocycles. The molecule has 1 N–H and O–H groups in total. The van der Waals surface area contributed by atoms with Crippen LogP contribution in [0.3, 0.4) is 0 Å². The van der Waals surface area contributed by atoms with Crippen LogP contribution in [0.15, 0.2) is 28.7 Å². The molecule has 2 atom stereocenters. The number of imide groups is 1. The first-order chi connectivity index (χ1) is 14.0. The highest BCUT2D eigenvalue weighted by molar-refractivity contribution is 9.10. The van der Waals surface area contributed by atoms with Crippen LogP contribution < -0.4 is 5.32 Å². The smallest absolute Gasteiger partial charge is 0.240 e. The van der Waals surface area contributed by atoms with Gasteiger partial charge in [0, 0.05) is 29.6 Å². The molecule has 0 bridgehead atoms. The Morgan fingerprint density at radius 1 is 1.14 bits per heavy atom. The van der Waals surface area contributed by atoms with E-state index in [4.69, 9.17) is 4.74 Å². The van der Waals surface area contributed by atoms with Crippen molar-refractivity contribution in [2.45, 2.75) is 43.9 Å². The van der Waals surface area contributed by atoms with Crippen LogP contribution in [-0.2, 0) is 24.5 Å². The maximum absolute atomic E-state index is 12.7. The number of hydrogen-bond acceptors (Lipinski definition) is 4. The Labute approximate surface area is 179 Å². The highest BCUT2D eigenvalue weighted by Gasteiger charge is 2.48. The third-order valence-corrected chi connectivity index (χ3v) is 7.24. The standard InChI is InChI=1S/C22H27BrN2O4/c23-16-5-3-4-15(12-16)22(8-10-29-11-9-22)14-24-19(26)13-25-20(27)17-6-1-2-7-18(17)21(25)28/h3-5,12,17-18H,1-2,6-11,13-14H2,(H,24,26). The summed E-state index contributed by atoms with van der Waals surface area (Å²) in [7, 11) is 0. The summed E-state index contributed by atoms with van der Waals surface area (Å²) in [5, 5.41) is 3.00. The number of rotatable bonds is 5. The highest BCUT2D eigenvalue weighted by atomic mass is 79.9. The Bertz CT molecular complexity index is 782. The predicted octanol–water partition coefficient (Wildman–Crippen LogP) is 2.79. The molecule has 4 rings (SSSR count). The average molecular weight is 463 g/mol. The van der Waals surface area contributed by atoms with Crippen LogP contribution in [-0.4, -0.2) is 48.9 Å². The minimum Gasteiger partial charge on any atom is -0.381 e. The van der Waals surface area contributed by atoms with E-state index < -0.39 is 0 Å². The normalized spacial score (nSPS) is 26.3. The second kappa shape index (κ2) is 8.56. The van der Waals surface area contributed by atoms with Crippen molar-refractivity contribution in [1.82, 2.24) is 10.2 Å². The van der Waals surface area contributed by atoms with Gasteiger partial charge in [0.05, 0.1) is 11.8 Å². The van der Waals surface area contributed by atoms with E-state index in [-0.39, 0.29) is 41.5 Å². The van der Waals surface area contributed by atoms with Gasteiger partial charge in [0.25, 0.3) is 0 Å². The number of amides is 3. The molecular formula is C22H27BrN2O4. The molecular weight excluding hydrogens is 436 g/mol. The first-order valence-electron chi connectivity index (χ1n) is 10.5. The summed E-state index contributed by atoms with van der Waals surface area (Å²) in [6.45, 7) is 1.59. The van der Waals surface area contributed by atoms with E-state index in [9.17, 15) is 14.4 Å². The SMILES string of the molecule is O=C(CN1C(=O)C2CCCCC2C1=O)NCC1(c2cccc(Br)c2)CCOCC1. The number of carbonyl (C=O) groups is 3. The number of ether oxygens (including phenoxy) is 1. The Kier molecular flexibility index (Phi) is 6.06. The van der Waals surface area contributed by atoms with E-state index in [2.05, 4.69) is 33.4 Å². The lowest BCUT2D eigenvalue weighted by Crippen LogP contribution is -2.48.